The van der Waals surface area contributed by atoms with Crippen molar-refractivity contribution in [2.24, 2.45) is 0 Å². The number of carbonyl (C=O) groups is 1. The maximum absolute atomic E-state index is 11.2. The van der Waals surface area contributed by atoms with Gasteiger partial charge in [0.15, 0.2) is 0 Å². The number of nitrogens with one attached hydrogen (secondary N) is 1. The summed E-state index contributed by atoms with van der Waals surface area (Å²) in [7, 11) is 0. The van der Waals surface area contributed by atoms with E-state index in [4.69, 9.17) is 0 Å². The molecule has 0 fully saturated rings. The molecule has 19 heavy (non-hydrogen) atoms. The monoisotopic (exact) mass is 321 g/mol. The molecule has 0 aliphatic heterocycles. The van der Waals surface area contributed by atoms with E-state index in [9.17, 15) is 9.90 Å². The van der Waals surface area contributed by atoms with Crippen molar-refractivity contribution in [3.8, 4) is 0 Å². The van der Waals surface area contributed by atoms with Crippen LogP contribution in [0, 0.1) is 13.8 Å². The van der Waals surface area contributed by atoms with Crippen LogP contribution in [0.1, 0.15) is 21.7 Å². The molecule has 0 radical (unpaired) electrons. The van der Waals surface area contributed by atoms with Crippen molar-refractivity contribution in [1.82, 2.24) is 9.97 Å². The second kappa shape index (κ2) is 5.36. The lowest BCUT2D eigenvalue weighted by molar-refractivity contribution is 0.0698. The Hall–Kier alpha value is -1.95. The Labute approximate surface area is 118 Å². The number of benzene rings is 1. The molecule has 1 aromatic carbocycles. The van der Waals surface area contributed by atoms with Crippen LogP contribution in [0.25, 0.3) is 0 Å². The molecule has 0 amide bonds. The van der Waals surface area contributed by atoms with E-state index >= 15 is 0 Å². The molecular formula is C13H12BrN3O2. The first kappa shape index (κ1) is 13.5. The second-order valence-corrected chi connectivity index (χ2v) is 5.01. The third kappa shape index (κ3) is 3.29. The molecule has 0 aliphatic carbocycles. The summed E-state index contributed by atoms with van der Waals surface area (Å²) in [6.45, 7) is 3.72. The highest BCUT2D eigenvalue weighted by Crippen LogP contribution is 2.23. The zero-order valence-corrected chi connectivity index (χ0v) is 12.0. The van der Waals surface area contributed by atoms with Crippen LogP contribution in [-0.2, 0) is 0 Å². The molecule has 0 spiro atoms. The third-order valence-electron chi connectivity index (χ3n) is 2.44. The zero-order chi connectivity index (χ0) is 14.0. The first-order chi connectivity index (χ1) is 8.95. The summed E-state index contributed by atoms with van der Waals surface area (Å²) >= 11 is 3.25. The second-order valence-electron chi connectivity index (χ2n) is 4.09. The van der Waals surface area contributed by atoms with E-state index in [2.05, 4.69) is 31.2 Å². The molecule has 0 unspecified atom stereocenters. The molecular weight excluding hydrogens is 310 g/mol. The summed E-state index contributed by atoms with van der Waals surface area (Å²) in [4.78, 5) is 19.6. The van der Waals surface area contributed by atoms with Crippen LogP contribution in [0.4, 0.5) is 11.6 Å². The molecule has 0 bridgehead atoms. The van der Waals surface area contributed by atoms with E-state index in [0.29, 0.717) is 16.1 Å². The van der Waals surface area contributed by atoms with Gasteiger partial charge in [0.2, 0.25) is 5.95 Å². The van der Waals surface area contributed by atoms with E-state index in [0.717, 1.165) is 11.4 Å². The molecule has 6 heteroatoms. The van der Waals surface area contributed by atoms with Crippen LogP contribution in [0.2, 0.25) is 0 Å². The maximum atomic E-state index is 11.2. The van der Waals surface area contributed by atoms with Crippen LogP contribution in [0.5, 0.6) is 0 Å². The Morgan fingerprint density at radius 3 is 2.42 bits per heavy atom. The first-order valence-corrected chi connectivity index (χ1v) is 6.37. The maximum Gasteiger partial charge on any atom is 0.337 e. The summed E-state index contributed by atoms with van der Waals surface area (Å²) in [6.07, 6.45) is 0. The van der Waals surface area contributed by atoms with Crippen molar-refractivity contribution >= 4 is 33.5 Å². The molecule has 0 saturated heterocycles. The molecule has 1 heterocycles. The number of rotatable bonds is 3. The lowest BCUT2D eigenvalue weighted by atomic mass is 10.2. The lowest BCUT2D eigenvalue weighted by Crippen LogP contribution is -2.05. The topological polar surface area (TPSA) is 75.1 Å². The number of nitrogens with zero attached hydrogens (tertiary/aromatic N) is 2. The minimum atomic E-state index is -1.01. The molecule has 2 rings (SSSR count). The van der Waals surface area contributed by atoms with E-state index < -0.39 is 5.97 Å². The summed E-state index contributed by atoms with van der Waals surface area (Å²) in [6, 6.07) is 6.82. The Morgan fingerprint density at radius 1 is 1.21 bits per heavy atom. The zero-order valence-electron chi connectivity index (χ0n) is 10.4. The van der Waals surface area contributed by atoms with Gasteiger partial charge in [-0.2, -0.15) is 0 Å². The van der Waals surface area contributed by atoms with Crippen molar-refractivity contribution in [2.75, 3.05) is 5.32 Å². The van der Waals surface area contributed by atoms with E-state index in [1.807, 2.05) is 19.9 Å². The summed E-state index contributed by atoms with van der Waals surface area (Å²) < 4.78 is 0.705. The predicted octanol–water partition coefficient (Wildman–Crippen LogP) is 3.30. The van der Waals surface area contributed by atoms with Crippen molar-refractivity contribution in [3.05, 3.63) is 45.7 Å². The van der Waals surface area contributed by atoms with Gasteiger partial charge in [-0.3, -0.25) is 0 Å². The first-order valence-electron chi connectivity index (χ1n) is 5.58. The fourth-order valence-electron chi connectivity index (χ4n) is 1.70. The smallest absolute Gasteiger partial charge is 0.337 e. The standard InChI is InChI=1S/C13H12BrN3O2/c1-7-5-8(2)16-13(15-7)17-11-4-3-9(14)6-10(11)12(18)19/h3-6H,1-2H3,(H,18,19)(H,15,16,17). The number of halogens is 1. The van der Waals surface area contributed by atoms with Gasteiger partial charge in [0.1, 0.15) is 0 Å². The van der Waals surface area contributed by atoms with Crippen LogP contribution in [-0.4, -0.2) is 21.0 Å². The summed E-state index contributed by atoms with van der Waals surface area (Å²) in [5.41, 5.74) is 2.27. The molecule has 5 nitrogen and oxygen atoms in total. The molecule has 2 N–H and O–H groups in total. The van der Waals surface area contributed by atoms with E-state index in [-0.39, 0.29) is 5.56 Å². The highest BCUT2D eigenvalue weighted by Gasteiger charge is 2.12. The Balaban J connectivity index is 2.40. The van der Waals surface area contributed by atoms with Crippen molar-refractivity contribution in [1.29, 1.82) is 0 Å². The van der Waals surface area contributed by atoms with Gasteiger partial charge in [-0.1, -0.05) is 15.9 Å². The van der Waals surface area contributed by atoms with Gasteiger partial charge in [-0.15, -0.1) is 0 Å². The fourth-order valence-corrected chi connectivity index (χ4v) is 2.07. The molecule has 0 atom stereocenters. The molecule has 1 aromatic heterocycles. The number of carboxylic acid groups (broad SMARTS) is 1. The van der Waals surface area contributed by atoms with E-state index in [1.54, 1.807) is 12.1 Å². The largest absolute Gasteiger partial charge is 0.478 e. The van der Waals surface area contributed by atoms with Crippen LogP contribution in [0.15, 0.2) is 28.7 Å². The fraction of sp³-hybridized carbons (Fsp3) is 0.154. The average molecular weight is 322 g/mol. The number of aryl methyl sites for hydroxylation is 2. The van der Waals surface area contributed by atoms with Gasteiger partial charge >= 0.3 is 5.97 Å². The van der Waals surface area contributed by atoms with Crippen LogP contribution < -0.4 is 5.32 Å². The van der Waals surface area contributed by atoms with Crippen LogP contribution >= 0.6 is 15.9 Å². The Morgan fingerprint density at radius 2 is 1.84 bits per heavy atom. The highest BCUT2D eigenvalue weighted by atomic mass is 79.9. The van der Waals surface area contributed by atoms with Gasteiger partial charge in [-0.25, -0.2) is 14.8 Å². The van der Waals surface area contributed by atoms with Gasteiger partial charge in [0, 0.05) is 15.9 Å². The molecule has 2 aromatic rings. The summed E-state index contributed by atoms with van der Waals surface area (Å²) in [5.74, 6) is -0.615. The van der Waals surface area contributed by atoms with Gasteiger partial charge < -0.3 is 10.4 Å². The number of aromatic nitrogens is 2. The number of anilines is 2. The number of carboxylic acids is 1. The lowest BCUT2D eigenvalue weighted by Gasteiger charge is -2.09. The minimum absolute atomic E-state index is 0.164. The normalized spacial score (nSPS) is 10.3. The van der Waals surface area contributed by atoms with Gasteiger partial charge in [-0.05, 0) is 38.1 Å². The highest BCUT2D eigenvalue weighted by molar-refractivity contribution is 9.10. The number of hydrogen-bond donors (Lipinski definition) is 2. The average Bonchev–Trinajstić information content (AvgIpc) is 2.30. The van der Waals surface area contributed by atoms with Gasteiger partial charge in [0.25, 0.3) is 0 Å². The van der Waals surface area contributed by atoms with Crippen molar-refractivity contribution in [3.63, 3.8) is 0 Å². The minimum Gasteiger partial charge on any atom is -0.478 e. The van der Waals surface area contributed by atoms with Crippen molar-refractivity contribution < 1.29 is 9.90 Å². The Kier molecular flexibility index (Phi) is 3.80. The van der Waals surface area contributed by atoms with E-state index in [1.165, 1.54) is 6.07 Å². The third-order valence-corrected chi connectivity index (χ3v) is 2.93. The molecule has 98 valence electrons. The number of hydrogen-bond acceptors (Lipinski definition) is 4. The number of aromatic carboxylic acids is 1. The molecule has 0 aliphatic rings. The molecule has 0 saturated carbocycles. The Bertz CT molecular complexity index is 624. The summed E-state index contributed by atoms with van der Waals surface area (Å²) in [5, 5.41) is 12.1. The van der Waals surface area contributed by atoms with Gasteiger partial charge in [0.05, 0.1) is 11.3 Å². The quantitative estimate of drug-likeness (QED) is 0.907. The van der Waals surface area contributed by atoms with Crippen LogP contribution in [0.3, 0.4) is 0 Å². The SMILES string of the molecule is Cc1cc(C)nc(Nc2ccc(Br)cc2C(=O)O)n1. The predicted molar refractivity (Wildman–Crippen MR) is 75.9 cm³/mol. The van der Waals surface area contributed by atoms with Crippen molar-refractivity contribution in [2.45, 2.75) is 13.8 Å².